The zero-order valence-corrected chi connectivity index (χ0v) is 14.2. The molecule has 0 fully saturated rings. The summed E-state index contributed by atoms with van der Waals surface area (Å²) in [6.45, 7) is 6.48. The molecular formula is C19H24N2O3. The third kappa shape index (κ3) is 5.28. The highest BCUT2D eigenvalue weighted by atomic mass is 16.7. The molecule has 0 saturated carbocycles. The summed E-state index contributed by atoms with van der Waals surface area (Å²) in [5.41, 5.74) is 2.67. The number of phenolic OH excluding ortho intramolecular Hbond substituents is 1. The molecule has 0 unspecified atom stereocenters. The van der Waals surface area contributed by atoms with Gasteiger partial charge in [0.05, 0.1) is 12.8 Å². The van der Waals surface area contributed by atoms with Crippen LogP contribution in [0.25, 0.3) is 0 Å². The first-order valence-electron chi connectivity index (χ1n) is 8.09. The number of phenols is 1. The third-order valence-electron chi connectivity index (χ3n) is 3.66. The van der Waals surface area contributed by atoms with Crippen molar-refractivity contribution in [2.24, 2.45) is 5.16 Å². The van der Waals surface area contributed by atoms with E-state index in [1.807, 2.05) is 42.5 Å². The molecule has 0 aliphatic carbocycles. The molecule has 0 heterocycles. The lowest BCUT2D eigenvalue weighted by atomic mass is 10.2. The number of ether oxygens (including phenoxy) is 1. The number of aromatic hydroxyl groups is 1. The van der Waals surface area contributed by atoms with Gasteiger partial charge in [-0.1, -0.05) is 35.5 Å². The topological polar surface area (TPSA) is 54.3 Å². The normalized spacial score (nSPS) is 10.9. The maximum absolute atomic E-state index is 10.1. The second kappa shape index (κ2) is 9.57. The fourth-order valence-corrected chi connectivity index (χ4v) is 2.32. The van der Waals surface area contributed by atoms with Gasteiger partial charge < -0.3 is 19.6 Å². The van der Waals surface area contributed by atoms with Gasteiger partial charge in [-0.15, -0.1) is 0 Å². The van der Waals surface area contributed by atoms with Crippen LogP contribution in [0.15, 0.2) is 53.7 Å². The Morgan fingerprint density at radius 3 is 2.50 bits per heavy atom. The smallest absolute Gasteiger partial charge is 0.216 e. The molecular weight excluding hydrogens is 304 g/mol. The van der Waals surface area contributed by atoms with Gasteiger partial charge in [0.15, 0.2) is 0 Å². The lowest BCUT2D eigenvalue weighted by molar-refractivity contribution is -0.0594. The predicted octanol–water partition coefficient (Wildman–Crippen LogP) is 3.76. The molecule has 2 aromatic rings. The number of hydrogen-bond acceptors (Lipinski definition) is 5. The van der Waals surface area contributed by atoms with Crippen molar-refractivity contribution in [3.05, 3.63) is 59.7 Å². The minimum atomic E-state index is 0.0592. The summed E-state index contributed by atoms with van der Waals surface area (Å²) in [5.74, 6) is 0.178. The first kappa shape index (κ1) is 17.8. The van der Waals surface area contributed by atoms with Crippen LogP contribution in [-0.2, 0) is 16.2 Å². The van der Waals surface area contributed by atoms with Crippen molar-refractivity contribution >= 4 is 11.9 Å². The van der Waals surface area contributed by atoms with E-state index >= 15 is 0 Å². The van der Waals surface area contributed by atoms with E-state index in [4.69, 9.17) is 9.57 Å². The van der Waals surface area contributed by atoms with Crippen molar-refractivity contribution < 1.29 is 14.7 Å². The van der Waals surface area contributed by atoms with Crippen LogP contribution < -0.4 is 4.90 Å². The van der Waals surface area contributed by atoms with Crippen LogP contribution in [0.3, 0.4) is 0 Å². The first-order chi connectivity index (χ1) is 11.7. The average molecular weight is 328 g/mol. The van der Waals surface area contributed by atoms with E-state index in [1.54, 1.807) is 6.07 Å². The molecule has 0 amide bonds. The molecule has 0 spiro atoms. The zero-order chi connectivity index (χ0) is 17.2. The molecule has 0 bridgehead atoms. The maximum Gasteiger partial charge on any atom is 0.216 e. The Morgan fingerprint density at radius 1 is 1.08 bits per heavy atom. The van der Waals surface area contributed by atoms with E-state index < -0.39 is 0 Å². The molecule has 0 saturated heterocycles. The molecule has 128 valence electrons. The van der Waals surface area contributed by atoms with Gasteiger partial charge in [0, 0.05) is 30.4 Å². The summed E-state index contributed by atoms with van der Waals surface area (Å²) < 4.78 is 5.36. The van der Waals surface area contributed by atoms with E-state index in [1.165, 1.54) is 6.21 Å². The fourth-order valence-electron chi connectivity index (χ4n) is 2.32. The highest BCUT2D eigenvalue weighted by Crippen LogP contribution is 2.23. The largest absolute Gasteiger partial charge is 0.507 e. The van der Waals surface area contributed by atoms with E-state index in [2.05, 4.69) is 23.9 Å². The van der Waals surface area contributed by atoms with E-state index in [0.717, 1.165) is 24.3 Å². The monoisotopic (exact) mass is 328 g/mol. The summed E-state index contributed by atoms with van der Waals surface area (Å²) in [6, 6.07) is 15.4. The van der Waals surface area contributed by atoms with Gasteiger partial charge in [0.1, 0.15) is 5.75 Å². The van der Waals surface area contributed by atoms with Crippen LogP contribution in [0.1, 0.15) is 25.0 Å². The fraction of sp³-hybridized carbons (Fsp3) is 0.316. The van der Waals surface area contributed by atoms with Crippen LogP contribution in [0.5, 0.6) is 5.75 Å². The number of hydrogen-bond donors (Lipinski definition) is 1. The van der Waals surface area contributed by atoms with Gasteiger partial charge in [0.25, 0.3) is 0 Å². The number of benzene rings is 2. The summed E-state index contributed by atoms with van der Waals surface area (Å²) in [7, 11) is 0. The second-order valence-corrected chi connectivity index (χ2v) is 5.23. The summed E-state index contributed by atoms with van der Waals surface area (Å²) in [4.78, 5) is 7.22. The van der Waals surface area contributed by atoms with Crippen molar-refractivity contribution in [2.75, 3.05) is 24.8 Å². The van der Waals surface area contributed by atoms with E-state index in [0.29, 0.717) is 12.2 Å². The van der Waals surface area contributed by atoms with Gasteiger partial charge in [-0.05, 0) is 31.5 Å². The zero-order valence-electron chi connectivity index (χ0n) is 14.2. The number of nitrogens with zero attached hydrogens (tertiary/aromatic N) is 2. The lowest BCUT2D eigenvalue weighted by Gasteiger charge is -2.21. The van der Waals surface area contributed by atoms with Crippen molar-refractivity contribution in [3.63, 3.8) is 0 Å². The van der Waals surface area contributed by atoms with Crippen molar-refractivity contribution in [3.8, 4) is 5.75 Å². The standard InChI is InChI=1S/C19H24N2O3/c1-3-21(4-2)18-11-10-17(19(22)12-18)13-20-24-15-23-14-16-8-6-5-7-9-16/h5-13,22H,3-4,14-15H2,1-2H3/b20-13+. The SMILES string of the molecule is CCN(CC)c1ccc(/C=N/OCOCc2ccccc2)c(O)c1. The molecule has 0 aromatic heterocycles. The van der Waals surface area contributed by atoms with Crippen LogP contribution in [0, 0.1) is 0 Å². The molecule has 0 atom stereocenters. The third-order valence-corrected chi connectivity index (χ3v) is 3.66. The Labute approximate surface area is 143 Å². The van der Waals surface area contributed by atoms with Crippen molar-refractivity contribution in [2.45, 2.75) is 20.5 Å². The number of rotatable bonds is 9. The summed E-state index contributed by atoms with van der Waals surface area (Å²) in [5, 5.41) is 13.9. The molecule has 2 rings (SSSR count). The molecule has 1 N–H and O–H groups in total. The van der Waals surface area contributed by atoms with Crippen LogP contribution in [0.2, 0.25) is 0 Å². The van der Waals surface area contributed by atoms with Crippen LogP contribution in [-0.4, -0.2) is 31.2 Å². The highest BCUT2D eigenvalue weighted by molar-refractivity contribution is 5.84. The highest BCUT2D eigenvalue weighted by Gasteiger charge is 2.05. The Morgan fingerprint density at radius 2 is 1.83 bits per heavy atom. The molecule has 0 radical (unpaired) electrons. The van der Waals surface area contributed by atoms with Gasteiger partial charge >= 0.3 is 0 Å². The summed E-state index contributed by atoms with van der Waals surface area (Å²) >= 11 is 0. The number of oxime groups is 1. The molecule has 0 aliphatic heterocycles. The summed E-state index contributed by atoms with van der Waals surface area (Å²) in [6.07, 6.45) is 1.48. The van der Waals surface area contributed by atoms with Gasteiger partial charge in [0.2, 0.25) is 6.79 Å². The number of anilines is 1. The maximum atomic E-state index is 10.1. The van der Waals surface area contributed by atoms with Crippen LogP contribution in [0.4, 0.5) is 5.69 Å². The lowest BCUT2D eigenvalue weighted by Crippen LogP contribution is -2.21. The molecule has 0 aliphatic rings. The van der Waals surface area contributed by atoms with Gasteiger partial charge in [-0.25, -0.2) is 0 Å². The quantitative estimate of drug-likeness (QED) is 0.329. The average Bonchev–Trinajstić information content (AvgIpc) is 2.61. The molecule has 5 nitrogen and oxygen atoms in total. The Hall–Kier alpha value is -2.53. The van der Waals surface area contributed by atoms with Gasteiger partial charge in [-0.2, -0.15) is 0 Å². The van der Waals surface area contributed by atoms with Crippen molar-refractivity contribution in [1.82, 2.24) is 0 Å². The Balaban J connectivity index is 1.79. The van der Waals surface area contributed by atoms with Crippen molar-refractivity contribution in [1.29, 1.82) is 0 Å². The Bertz CT molecular complexity index is 640. The van der Waals surface area contributed by atoms with E-state index in [-0.39, 0.29) is 12.5 Å². The van der Waals surface area contributed by atoms with E-state index in [9.17, 15) is 5.11 Å². The molecule has 2 aromatic carbocycles. The minimum absolute atomic E-state index is 0.0592. The van der Waals surface area contributed by atoms with Gasteiger partial charge in [-0.3, -0.25) is 0 Å². The molecule has 24 heavy (non-hydrogen) atoms. The first-order valence-corrected chi connectivity index (χ1v) is 8.09. The Kier molecular flexibility index (Phi) is 7.11. The molecule has 5 heteroatoms. The van der Waals surface area contributed by atoms with Crippen LogP contribution >= 0.6 is 0 Å². The predicted molar refractivity (Wildman–Crippen MR) is 96.4 cm³/mol. The minimum Gasteiger partial charge on any atom is -0.507 e. The second-order valence-electron chi connectivity index (χ2n) is 5.23.